The molecule has 0 radical (unpaired) electrons. The summed E-state index contributed by atoms with van der Waals surface area (Å²) >= 11 is 0. The van der Waals surface area contributed by atoms with Gasteiger partial charge in [0, 0.05) is 52.2 Å². The first kappa shape index (κ1) is 61.6. The number of amides is 10. The molecule has 6 atom stereocenters. The summed E-state index contributed by atoms with van der Waals surface area (Å²) in [6.45, 7) is 3.12. The van der Waals surface area contributed by atoms with E-state index < -0.39 is 109 Å². The van der Waals surface area contributed by atoms with E-state index in [4.69, 9.17) is 40.1 Å². The van der Waals surface area contributed by atoms with Gasteiger partial charge < -0.3 is 92.3 Å². The normalized spacial score (nSPS) is 21.0. The standard InChI is InChI=1S/C45H78N18O10/c1-4-7-30-37(67)60-33(22-27-11-13-28(64)14-12-27)39(69)61-34(23-46)40(70)59-32(15-10-26(2)3)42(72)62(24-35(48)65)20-18-55-45(73)56-19-21-63(41(71)29(47)8-5-16-53-43(49)50)25-36(66)57-31(38(68)58-30)9-6-17-54-44(51)52/h11-14,26,29-34,64H,4-10,15-25,46-47H2,1-3H3,(H2,48,65)(H,57,66)(H,58,68)(H,59,70)(H,60,67)(H,61,69)(H4,49,50,53)(H4,51,52,54)(H2,55,56,73)/t29-,30-,31-,32-,33-,34-/m0/s1. The fraction of sp³-hybridized carbons (Fsp3) is 0.622. The number of phenols is 1. The van der Waals surface area contributed by atoms with Gasteiger partial charge in [-0.05, 0) is 68.6 Å². The van der Waals surface area contributed by atoms with Crippen LogP contribution in [-0.4, -0.2) is 175 Å². The van der Waals surface area contributed by atoms with Crippen molar-refractivity contribution in [3.8, 4) is 5.75 Å². The zero-order valence-corrected chi connectivity index (χ0v) is 42.0. The number of carbonyl (C=O) groups is 9. The highest BCUT2D eigenvalue weighted by molar-refractivity contribution is 5.97. The van der Waals surface area contributed by atoms with Crippen molar-refractivity contribution in [2.45, 2.75) is 115 Å². The second-order valence-corrected chi connectivity index (χ2v) is 17.9. The summed E-state index contributed by atoms with van der Waals surface area (Å²) in [6, 6.07) is -2.88. The second-order valence-electron chi connectivity index (χ2n) is 17.9. The minimum Gasteiger partial charge on any atom is -0.508 e. The summed E-state index contributed by atoms with van der Waals surface area (Å²) in [7, 11) is 0. The maximum Gasteiger partial charge on any atom is 0.314 e. The molecule has 0 aliphatic carbocycles. The summed E-state index contributed by atoms with van der Waals surface area (Å²) in [5.74, 6) is -6.87. The van der Waals surface area contributed by atoms with Crippen LogP contribution >= 0.6 is 0 Å². The van der Waals surface area contributed by atoms with Crippen LogP contribution in [0.15, 0.2) is 34.3 Å². The number of aromatic hydroxyl groups is 1. The second kappa shape index (κ2) is 32.5. The molecule has 1 saturated heterocycles. The molecule has 1 aliphatic rings. The van der Waals surface area contributed by atoms with Crippen LogP contribution in [0.5, 0.6) is 5.75 Å². The molecule has 1 heterocycles. The molecule has 1 aliphatic heterocycles. The number of urea groups is 1. The van der Waals surface area contributed by atoms with E-state index >= 15 is 0 Å². The Balaban J connectivity index is 2.70. The number of primary amides is 1. The van der Waals surface area contributed by atoms with Crippen molar-refractivity contribution in [3.63, 3.8) is 0 Å². The van der Waals surface area contributed by atoms with Crippen LogP contribution < -0.4 is 77.4 Å². The van der Waals surface area contributed by atoms with Crippen molar-refractivity contribution in [1.82, 2.24) is 47.0 Å². The Labute approximate surface area is 424 Å². The highest BCUT2D eigenvalue weighted by atomic mass is 16.3. The van der Waals surface area contributed by atoms with Crippen LogP contribution in [0.2, 0.25) is 0 Å². The highest BCUT2D eigenvalue weighted by Crippen LogP contribution is 2.14. The first-order chi connectivity index (χ1) is 34.5. The molecule has 73 heavy (non-hydrogen) atoms. The third-order valence-corrected chi connectivity index (χ3v) is 11.3. The quantitative estimate of drug-likeness (QED) is 0.0349. The zero-order valence-electron chi connectivity index (χ0n) is 42.0. The van der Waals surface area contributed by atoms with Crippen LogP contribution in [0.25, 0.3) is 0 Å². The molecule has 1 aromatic rings. The fourth-order valence-corrected chi connectivity index (χ4v) is 7.39. The van der Waals surface area contributed by atoms with Crippen LogP contribution in [0.4, 0.5) is 4.79 Å². The number of carbonyl (C=O) groups excluding carboxylic acids is 9. The Kier molecular flexibility index (Phi) is 27.4. The van der Waals surface area contributed by atoms with Crippen LogP contribution in [-0.2, 0) is 44.8 Å². The molecule has 10 amide bonds. The number of nitrogens with zero attached hydrogens (tertiary/aromatic N) is 4. The number of rotatable bonds is 19. The summed E-state index contributed by atoms with van der Waals surface area (Å²) in [4.78, 5) is 133. The van der Waals surface area contributed by atoms with Gasteiger partial charge in [-0.3, -0.25) is 48.3 Å². The number of hydrogen-bond donors (Lipinski definition) is 15. The summed E-state index contributed by atoms with van der Waals surface area (Å²) in [5.41, 5.74) is 40.1. The smallest absolute Gasteiger partial charge is 0.314 e. The van der Waals surface area contributed by atoms with E-state index in [0.717, 1.165) is 9.80 Å². The van der Waals surface area contributed by atoms with Gasteiger partial charge in [0.25, 0.3) is 0 Å². The van der Waals surface area contributed by atoms with E-state index in [0.29, 0.717) is 24.8 Å². The van der Waals surface area contributed by atoms with Gasteiger partial charge in [-0.2, -0.15) is 0 Å². The first-order valence-corrected chi connectivity index (χ1v) is 24.3. The lowest BCUT2D eigenvalue weighted by Crippen LogP contribution is -2.61. The lowest BCUT2D eigenvalue weighted by Gasteiger charge is -2.30. The lowest BCUT2D eigenvalue weighted by atomic mass is 10.0. The van der Waals surface area contributed by atoms with Gasteiger partial charge in [0.2, 0.25) is 47.3 Å². The molecule has 1 fully saturated rings. The van der Waals surface area contributed by atoms with Crippen molar-refractivity contribution in [3.05, 3.63) is 29.8 Å². The predicted octanol–water partition coefficient (Wildman–Crippen LogP) is -5.56. The van der Waals surface area contributed by atoms with E-state index in [1.165, 1.54) is 24.3 Å². The lowest BCUT2D eigenvalue weighted by molar-refractivity contribution is -0.139. The zero-order chi connectivity index (χ0) is 54.6. The number of guanidine groups is 2. The Morgan fingerprint density at radius 1 is 0.699 bits per heavy atom. The van der Waals surface area contributed by atoms with Gasteiger partial charge >= 0.3 is 6.03 Å². The van der Waals surface area contributed by atoms with Crippen molar-refractivity contribution in [1.29, 1.82) is 0 Å². The molecular formula is C45H78N18O10. The molecule has 22 N–H and O–H groups in total. The van der Waals surface area contributed by atoms with Gasteiger partial charge in [0.1, 0.15) is 36.0 Å². The number of hydrogen-bond acceptors (Lipinski definition) is 14. The Morgan fingerprint density at radius 2 is 1.23 bits per heavy atom. The topological polar surface area (TPSA) is 471 Å². The molecule has 0 bridgehead atoms. The van der Waals surface area contributed by atoms with E-state index in [-0.39, 0.29) is 101 Å². The summed E-state index contributed by atoms with van der Waals surface area (Å²) in [5, 5.41) is 28.3. The first-order valence-electron chi connectivity index (χ1n) is 24.3. The van der Waals surface area contributed by atoms with Crippen LogP contribution in [0.1, 0.15) is 77.7 Å². The molecule has 0 spiro atoms. The number of aliphatic imine (C=N–C) groups is 2. The predicted molar refractivity (Wildman–Crippen MR) is 271 cm³/mol. The number of nitrogens with one attached hydrogen (secondary N) is 7. The maximum absolute atomic E-state index is 14.2. The SMILES string of the molecule is CCC[C@@H]1NC(=O)[C@H](CCCN=C(N)N)NC(=O)CN(C(=O)[C@@H](N)CCCN=C(N)N)CCNC(=O)NCCN(CC(N)=O)C(=O)[C@H](CCC(C)C)NC(=O)[C@H](CN)NC(=O)[C@H](Cc2ccc(O)cc2)NC1=O. The average molecular weight is 1030 g/mol. The fourth-order valence-electron chi connectivity index (χ4n) is 7.39. The van der Waals surface area contributed by atoms with E-state index in [1.54, 1.807) is 6.92 Å². The minimum atomic E-state index is -1.46. The molecule has 28 nitrogen and oxygen atoms in total. The van der Waals surface area contributed by atoms with Gasteiger partial charge in [-0.1, -0.05) is 39.3 Å². The van der Waals surface area contributed by atoms with Gasteiger partial charge in [0.05, 0.1) is 19.1 Å². The monoisotopic (exact) mass is 1030 g/mol. The molecule has 28 heteroatoms. The van der Waals surface area contributed by atoms with Crippen LogP contribution in [0.3, 0.4) is 0 Å². The maximum atomic E-state index is 14.2. The van der Waals surface area contributed by atoms with Crippen molar-refractivity contribution in [2.75, 3.05) is 58.9 Å². The highest BCUT2D eigenvalue weighted by Gasteiger charge is 2.34. The number of benzene rings is 1. The van der Waals surface area contributed by atoms with Crippen molar-refractivity contribution >= 4 is 65.2 Å². The van der Waals surface area contributed by atoms with Crippen molar-refractivity contribution in [2.24, 2.45) is 56.0 Å². The molecule has 2 rings (SSSR count). The molecule has 1 aromatic carbocycles. The third-order valence-electron chi connectivity index (χ3n) is 11.3. The minimum absolute atomic E-state index is 0.0516. The Hall–Kier alpha value is -7.49. The summed E-state index contributed by atoms with van der Waals surface area (Å²) < 4.78 is 0. The number of nitrogens with two attached hydrogens (primary N) is 7. The van der Waals surface area contributed by atoms with E-state index in [2.05, 4.69) is 47.2 Å². The number of phenolic OH excluding ortho intramolecular Hbond substituents is 1. The Bertz CT molecular complexity index is 2070. The average Bonchev–Trinajstić information content (AvgIpc) is 3.32. The van der Waals surface area contributed by atoms with Gasteiger partial charge in [-0.15, -0.1) is 0 Å². The molecule has 0 saturated carbocycles. The Morgan fingerprint density at radius 3 is 1.81 bits per heavy atom. The van der Waals surface area contributed by atoms with Crippen molar-refractivity contribution < 1.29 is 48.3 Å². The van der Waals surface area contributed by atoms with E-state index in [1.807, 2.05) is 13.8 Å². The molecular weight excluding hydrogens is 953 g/mol. The third kappa shape index (κ3) is 24.0. The molecule has 0 aromatic heterocycles. The van der Waals surface area contributed by atoms with E-state index in [9.17, 15) is 48.3 Å². The molecule has 408 valence electrons. The summed E-state index contributed by atoms with van der Waals surface area (Å²) in [6.07, 6.45) is 1.27. The van der Waals surface area contributed by atoms with Crippen LogP contribution in [0, 0.1) is 5.92 Å². The van der Waals surface area contributed by atoms with Gasteiger partial charge in [0.15, 0.2) is 11.9 Å². The molecule has 0 unspecified atom stereocenters. The van der Waals surface area contributed by atoms with Gasteiger partial charge in [-0.25, -0.2) is 4.79 Å². The largest absolute Gasteiger partial charge is 0.508 e.